The molecular formula is C15H21BrO3. The van der Waals surface area contributed by atoms with Crippen molar-refractivity contribution in [3.05, 3.63) is 27.7 Å². The van der Waals surface area contributed by atoms with E-state index in [4.69, 9.17) is 9.47 Å². The zero-order chi connectivity index (χ0) is 13.8. The van der Waals surface area contributed by atoms with Crippen LogP contribution in [0.4, 0.5) is 0 Å². The number of aryl methyl sites for hydroxylation is 1. The van der Waals surface area contributed by atoms with Crippen molar-refractivity contribution < 1.29 is 14.6 Å². The summed E-state index contributed by atoms with van der Waals surface area (Å²) in [6.45, 7) is 2.01. The van der Waals surface area contributed by atoms with Crippen LogP contribution in [-0.4, -0.2) is 24.4 Å². The molecule has 1 aliphatic rings. The molecule has 0 radical (unpaired) electrons. The monoisotopic (exact) mass is 328 g/mol. The van der Waals surface area contributed by atoms with Gasteiger partial charge >= 0.3 is 0 Å². The molecule has 2 atom stereocenters. The third-order valence-electron chi connectivity index (χ3n) is 3.68. The highest BCUT2D eigenvalue weighted by molar-refractivity contribution is 9.10. The predicted molar refractivity (Wildman–Crippen MR) is 78.5 cm³/mol. The van der Waals surface area contributed by atoms with Gasteiger partial charge in [-0.15, -0.1) is 0 Å². The maximum atomic E-state index is 9.47. The van der Waals surface area contributed by atoms with Crippen LogP contribution in [0.2, 0.25) is 0 Å². The van der Waals surface area contributed by atoms with Gasteiger partial charge in [-0.05, 0) is 43.9 Å². The van der Waals surface area contributed by atoms with Crippen LogP contribution in [0.15, 0.2) is 16.6 Å². The Balaban J connectivity index is 2.14. The summed E-state index contributed by atoms with van der Waals surface area (Å²) < 4.78 is 12.5. The van der Waals surface area contributed by atoms with E-state index >= 15 is 0 Å². The number of hydrogen-bond acceptors (Lipinski definition) is 3. The normalized spacial score (nSPS) is 23.4. The van der Waals surface area contributed by atoms with Gasteiger partial charge in [0.1, 0.15) is 11.9 Å². The molecule has 0 bridgehead atoms. The second-order valence-electron chi connectivity index (χ2n) is 5.13. The average Bonchev–Trinajstić information content (AvgIpc) is 2.41. The molecule has 0 heterocycles. The average molecular weight is 329 g/mol. The molecule has 1 fully saturated rings. The molecule has 0 spiro atoms. The number of methoxy groups -OCH3 is 1. The Morgan fingerprint density at radius 2 is 2.05 bits per heavy atom. The first-order valence-corrected chi connectivity index (χ1v) is 7.52. The van der Waals surface area contributed by atoms with Gasteiger partial charge in [0.15, 0.2) is 0 Å². The van der Waals surface area contributed by atoms with Crippen LogP contribution in [-0.2, 0) is 11.3 Å². The Kier molecular flexibility index (Phi) is 5.25. The summed E-state index contributed by atoms with van der Waals surface area (Å²) in [6.07, 6.45) is 4.71. The highest BCUT2D eigenvalue weighted by Gasteiger charge is 2.24. The fourth-order valence-corrected chi connectivity index (χ4v) is 3.29. The molecule has 2 unspecified atom stereocenters. The molecule has 1 saturated carbocycles. The van der Waals surface area contributed by atoms with E-state index < -0.39 is 0 Å². The molecule has 0 amide bonds. The van der Waals surface area contributed by atoms with Crippen LogP contribution in [0.5, 0.6) is 5.75 Å². The van der Waals surface area contributed by atoms with Gasteiger partial charge in [-0.3, -0.25) is 0 Å². The third kappa shape index (κ3) is 3.71. The molecular weight excluding hydrogens is 308 g/mol. The van der Waals surface area contributed by atoms with Crippen molar-refractivity contribution in [1.29, 1.82) is 0 Å². The first-order chi connectivity index (χ1) is 9.13. The predicted octanol–water partition coefficient (Wildman–Crippen LogP) is 3.59. The van der Waals surface area contributed by atoms with Gasteiger partial charge in [0.25, 0.3) is 0 Å². The lowest BCUT2D eigenvalue weighted by molar-refractivity contribution is 0.0201. The standard InChI is InChI=1S/C15H21BrO3/c1-10-6-12(16)7-11(9-17)15(10)19-14-5-3-4-13(8-14)18-2/h6-7,13-14,17H,3-5,8-9H2,1-2H3. The fourth-order valence-electron chi connectivity index (χ4n) is 2.68. The summed E-state index contributed by atoms with van der Waals surface area (Å²) in [5.74, 6) is 0.826. The number of benzene rings is 1. The second kappa shape index (κ2) is 6.73. The molecule has 19 heavy (non-hydrogen) atoms. The number of rotatable bonds is 4. The van der Waals surface area contributed by atoms with E-state index in [-0.39, 0.29) is 12.7 Å². The zero-order valence-electron chi connectivity index (χ0n) is 11.5. The SMILES string of the molecule is COC1CCCC(Oc2c(C)cc(Br)cc2CO)C1. The first kappa shape index (κ1) is 14.8. The maximum Gasteiger partial charge on any atom is 0.128 e. The number of ether oxygens (including phenoxy) is 2. The highest BCUT2D eigenvalue weighted by atomic mass is 79.9. The lowest BCUT2D eigenvalue weighted by Gasteiger charge is -2.30. The van der Waals surface area contributed by atoms with Crippen molar-refractivity contribution in [1.82, 2.24) is 0 Å². The van der Waals surface area contributed by atoms with Crippen LogP contribution >= 0.6 is 15.9 Å². The molecule has 3 nitrogen and oxygen atoms in total. The van der Waals surface area contributed by atoms with Crippen molar-refractivity contribution in [3.8, 4) is 5.75 Å². The Bertz CT molecular complexity index is 434. The summed E-state index contributed by atoms with van der Waals surface area (Å²) in [7, 11) is 1.76. The lowest BCUT2D eigenvalue weighted by Crippen LogP contribution is -2.30. The van der Waals surface area contributed by atoms with Gasteiger partial charge in [0.2, 0.25) is 0 Å². The lowest BCUT2D eigenvalue weighted by atomic mass is 9.94. The van der Waals surface area contributed by atoms with Gasteiger partial charge < -0.3 is 14.6 Å². The van der Waals surface area contributed by atoms with E-state index in [1.807, 2.05) is 19.1 Å². The molecule has 1 aliphatic carbocycles. The summed E-state index contributed by atoms with van der Waals surface area (Å²) in [5, 5.41) is 9.47. The minimum atomic E-state index is -0.00393. The molecule has 0 aliphatic heterocycles. The minimum absolute atomic E-state index is 0.00393. The molecule has 1 N–H and O–H groups in total. The topological polar surface area (TPSA) is 38.7 Å². The Morgan fingerprint density at radius 1 is 1.32 bits per heavy atom. The van der Waals surface area contributed by atoms with Gasteiger partial charge in [0.05, 0.1) is 12.7 Å². The fraction of sp³-hybridized carbons (Fsp3) is 0.600. The van der Waals surface area contributed by atoms with Crippen molar-refractivity contribution in [2.75, 3.05) is 7.11 Å². The maximum absolute atomic E-state index is 9.47. The minimum Gasteiger partial charge on any atom is -0.490 e. The van der Waals surface area contributed by atoms with Crippen molar-refractivity contribution in [3.63, 3.8) is 0 Å². The number of aliphatic hydroxyl groups excluding tert-OH is 1. The van der Waals surface area contributed by atoms with Crippen LogP contribution in [0.1, 0.15) is 36.8 Å². The smallest absolute Gasteiger partial charge is 0.128 e. The summed E-state index contributed by atoms with van der Waals surface area (Å²) in [6, 6.07) is 3.93. The number of hydrogen-bond donors (Lipinski definition) is 1. The Labute approximate surface area is 123 Å². The van der Waals surface area contributed by atoms with Gasteiger partial charge in [-0.1, -0.05) is 15.9 Å². The highest BCUT2D eigenvalue weighted by Crippen LogP contribution is 2.32. The largest absolute Gasteiger partial charge is 0.490 e. The summed E-state index contributed by atoms with van der Waals surface area (Å²) >= 11 is 3.45. The number of halogens is 1. The third-order valence-corrected chi connectivity index (χ3v) is 4.14. The van der Waals surface area contributed by atoms with E-state index in [0.29, 0.717) is 6.10 Å². The molecule has 0 aromatic heterocycles. The van der Waals surface area contributed by atoms with E-state index in [1.165, 1.54) is 0 Å². The molecule has 2 rings (SSSR count). The van der Waals surface area contributed by atoms with E-state index in [1.54, 1.807) is 7.11 Å². The van der Waals surface area contributed by atoms with Gasteiger partial charge in [0, 0.05) is 23.6 Å². The van der Waals surface area contributed by atoms with Crippen LogP contribution in [0, 0.1) is 6.92 Å². The second-order valence-corrected chi connectivity index (χ2v) is 6.05. The van der Waals surface area contributed by atoms with Crippen molar-refractivity contribution >= 4 is 15.9 Å². The molecule has 0 saturated heterocycles. The van der Waals surface area contributed by atoms with Gasteiger partial charge in [-0.2, -0.15) is 0 Å². The molecule has 106 valence electrons. The van der Waals surface area contributed by atoms with E-state index in [2.05, 4.69) is 15.9 Å². The zero-order valence-corrected chi connectivity index (χ0v) is 13.1. The Hall–Kier alpha value is -0.580. The van der Waals surface area contributed by atoms with E-state index in [0.717, 1.165) is 47.0 Å². The quantitative estimate of drug-likeness (QED) is 0.917. The summed E-state index contributed by atoms with van der Waals surface area (Å²) in [5.41, 5.74) is 1.89. The van der Waals surface area contributed by atoms with Crippen LogP contribution in [0.3, 0.4) is 0 Å². The first-order valence-electron chi connectivity index (χ1n) is 6.73. The molecule has 1 aromatic carbocycles. The Morgan fingerprint density at radius 3 is 2.74 bits per heavy atom. The molecule has 1 aromatic rings. The van der Waals surface area contributed by atoms with E-state index in [9.17, 15) is 5.11 Å². The van der Waals surface area contributed by atoms with Crippen LogP contribution < -0.4 is 4.74 Å². The summed E-state index contributed by atoms with van der Waals surface area (Å²) in [4.78, 5) is 0. The van der Waals surface area contributed by atoms with Gasteiger partial charge in [-0.25, -0.2) is 0 Å². The van der Waals surface area contributed by atoms with Crippen molar-refractivity contribution in [2.45, 2.75) is 51.4 Å². The molecule has 4 heteroatoms. The van der Waals surface area contributed by atoms with Crippen LogP contribution in [0.25, 0.3) is 0 Å². The number of aliphatic hydroxyl groups is 1. The van der Waals surface area contributed by atoms with Crippen molar-refractivity contribution in [2.24, 2.45) is 0 Å².